The molecule has 1 aliphatic heterocycles. The minimum Gasteiger partial charge on any atom is -0.369 e. The number of halogens is 2. The van der Waals surface area contributed by atoms with E-state index < -0.39 is 0 Å². The molecule has 2 amide bonds. The maximum Gasteiger partial charge on any atom is 0.255 e. The molecule has 6 nitrogen and oxygen atoms in total. The predicted molar refractivity (Wildman–Crippen MR) is 80.4 cm³/mol. The summed E-state index contributed by atoms with van der Waals surface area (Å²) in [4.78, 5) is 30.9. The van der Waals surface area contributed by atoms with Crippen LogP contribution in [0.15, 0.2) is 12.3 Å². The third-order valence-electron chi connectivity index (χ3n) is 3.30. The van der Waals surface area contributed by atoms with E-state index in [1.807, 2.05) is 4.90 Å². The van der Waals surface area contributed by atoms with E-state index in [1.165, 1.54) is 12.3 Å². The predicted octanol–water partition coefficient (Wildman–Crippen LogP) is 1.02. The van der Waals surface area contributed by atoms with Crippen LogP contribution in [-0.4, -0.2) is 59.3 Å². The molecule has 1 fully saturated rings. The summed E-state index contributed by atoms with van der Waals surface area (Å²) in [5.41, 5.74) is 5.60. The number of primary amides is 1. The Bertz CT molecular complexity index is 553. The minimum absolute atomic E-state index is 0.137. The maximum absolute atomic E-state index is 12.4. The maximum atomic E-state index is 12.4. The van der Waals surface area contributed by atoms with Gasteiger partial charge < -0.3 is 10.6 Å². The molecule has 2 heterocycles. The molecular formula is C13H16Cl2N4O2. The first-order valence-corrected chi connectivity index (χ1v) is 7.34. The van der Waals surface area contributed by atoms with Gasteiger partial charge in [0.15, 0.2) is 0 Å². The zero-order valence-electron chi connectivity index (χ0n) is 11.4. The summed E-state index contributed by atoms with van der Waals surface area (Å²) in [6.45, 7) is 2.73. The lowest BCUT2D eigenvalue weighted by atomic mass is 10.2. The molecule has 2 rings (SSSR count). The Morgan fingerprint density at radius 2 is 2.00 bits per heavy atom. The molecule has 1 saturated heterocycles. The van der Waals surface area contributed by atoms with E-state index in [-0.39, 0.29) is 28.5 Å². The molecule has 1 aromatic rings. The Labute approximate surface area is 132 Å². The Hall–Kier alpha value is -1.37. The number of nitrogens with zero attached hydrogens (tertiary/aromatic N) is 3. The number of amides is 2. The lowest BCUT2D eigenvalue weighted by Gasteiger charge is -2.21. The zero-order chi connectivity index (χ0) is 15.4. The van der Waals surface area contributed by atoms with Crippen LogP contribution in [0.1, 0.15) is 16.8 Å². The summed E-state index contributed by atoms with van der Waals surface area (Å²) in [7, 11) is 0. The van der Waals surface area contributed by atoms with Gasteiger partial charge in [-0.15, -0.1) is 0 Å². The van der Waals surface area contributed by atoms with E-state index in [0.29, 0.717) is 25.2 Å². The van der Waals surface area contributed by atoms with Gasteiger partial charge in [0, 0.05) is 32.4 Å². The van der Waals surface area contributed by atoms with Gasteiger partial charge in [0.2, 0.25) is 5.91 Å². The van der Waals surface area contributed by atoms with Crippen LogP contribution in [0.25, 0.3) is 0 Å². The molecule has 0 unspecified atom stereocenters. The number of nitrogens with two attached hydrogens (primary N) is 1. The van der Waals surface area contributed by atoms with Crippen molar-refractivity contribution in [2.45, 2.75) is 6.42 Å². The van der Waals surface area contributed by atoms with Crippen molar-refractivity contribution in [2.75, 3.05) is 32.7 Å². The number of carbonyl (C=O) groups is 2. The Morgan fingerprint density at radius 1 is 1.24 bits per heavy atom. The highest BCUT2D eigenvalue weighted by molar-refractivity contribution is 6.41. The summed E-state index contributed by atoms with van der Waals surface area (Å²) in [6.07, 6.45) is 2.20. The van der Waals surface area contributed by atoms with Gasteiger partial charge in [-0.25, -0.2) is 4.98 Å². The third kappa shape index (κ3) is 4.30. The van der Waals surface area contributed by atoms with Crippen molar-refractivity contribution in [3.8, 4) is 0 Å². The van der Waals surface area contributed by atoms with Crippen LogP contribution in [0.2, 0.25) is 10.2 Å². The lowest BCUT2D eigenvalue weighted by molar-refractivity contribution is -0.119. The van der Waals surface area contributed by atoms with Gasteiger partial charge in [-0.3, -0.25) is 14.5 Å². The average Bonchev–Trinajstić information content (AvgIpc) is 2.66. The molecule has 0 aliphatic carbocycles. The fourth-order valence-electron chi connectivity index (χ4n) is 2.27. The van der Waals surface area contributed by atoms with E-state index in [2.05, 4.69) is 4.98 Å². The van der Waals surface area contributed by atoms with Crippen LogP contribution in [-0.2, 0) is 4.79 Å². The average molecular weight is 331 g/mol. The highest BCUT2D eigenvalue weighted by Gasteiger charge is 2.21. The SMILES string of the molecule is NC(=O)CN1CCCN(C(=O)c2cnc(Cl)c(Cl)c2)CC1. The van der Waals surface area contributed by atoms with E-state index >= 15 is 0 Å². The molecule has 1 aromatic heterocycles. The van der Waals surface area contributed by atoms with Crippen LogP contribution in [0.5, 0.6) is 0 Å². The van der Waals surface area contributed by atoms with Crippen LogP contribution in [0.3, 0.4) is 0 Å². The van der Waals surface area contributed by atoms with E-state index in [9.17, 15) is 9.59 Å². The molecule has 0 saturated carbocycles. The zero-order valence-corrected chi connectivity index (χ0v) is 12.9. The van der Waals surface area contributed by atoms with Crippen LogP contribution >= 0.6 is 23.2 Å². The smallest absolute Gasteiger partial charge is 0.255 e. The topological polar surface area (TPSA) is 79.5 Å². The summed E-state index contributed by atoms with van der Waals surface area (Å²) in [5, 5.41) is 0.435. The number of rotatable bonds is 3. The number of hydrogen-bond acceptors (Lipinski definition) is 4. The first-order valence-electron chi connectivity index (χ1n) is 6.58. The minimum atomic E-state index is -0.358. The summed E-state index contributed by atoms with van der Waals surface area (Å²) in [5.74, 6) is -0.495. The van der Waals surface area contributed by atoms with E-state index in [0.717, 1.165) is 13.0 Å². The second-order valence-electron chi connectivity index (χ2n) is 4.88. The van der Waals surface area contributed by atoms with Crippen LogP contribution in [0.4, 0.5) is 0 Å². The Morgan fingerprint density at radius 3 is 2.67 bits per heavy atom. The van der Waals surface area contributed by atoms with Gasteiger partial charge in [0.05, 0.1) is 17.1 Å². The number of aromatic nitrogens is 1. The highest BCUT2D eigenvalue weighted by atomic mass is 35.5. The van der Waals surface area contributed by atoms with Crippen molar-refractivity contribution in [1.82, 2.24) is 14.8 Å². The molecular weight excluding hydrogens is 315 g/mol. The quantitative estimate of drug-likeness (QED) is 0.839. The van der Waals surface area contributed by atoms with E-state index in [1.54, 1.807) is 4.90 Å². The molecule has 0 spiro atoms. The Kier molecular flexibility index (Phi) is 5.39. The highest BCUT2D eigenvalue weighted by Crippen LogP contribution is 2.20. The summed E-state index contributed by atoms with van der Waals surface area (Å²) < 4.78 is 0. The van der Waals surface area contributed by atoms with Crippen LogP contribution < -0.4 is 5.73 Å². The number of carbonyl (C=O) groups excluding carboxylic acids is 2. The van der Waals surface area contributed by atoms with Gasteiger partial charge >= 0.3 is 0 Å². The Balaban J connectivity index is 2.02. The van der Waals surface area contributed by atoms with Gasteiger partial charge in [-0.05, 0) is 12.5 Å². The number of hydrogen-bond donors (Lipinski definition) is 1. The molecule has 114 valence electrons. The van der Waals surface area contributed by atoms with Gasteiger partial charge in [0.1, 0.15) is 5.15 Å². The van der Waals surface area contributed by atoms with Crippen molar-refractivity contribution in [3.05, 3.63) is 28.0 Å². The fraction of sp³-hybridized carbons (Fsp3) is 0.462. The largest absolute Gasteiger partial charge is 0.369 e. The summed E-state index contributed by atoms with van der Waals surface area (Å²) in [6, 6.07) is 1.52. The van der Waals surface area contributed by atoms with Gasteiger partial charge in [0.25, 0.3) is 5.91 Å². The van der Waals surface area contributed by atoms with Gasteiger partial charge in [-0.2, -0.15) is 0 Å². The molecule has 21 heavy (non-hydrogen) atoms. The second kappa shape index (κ2) is 7.06. The molecule has 0 atom stereocenters. The molecule has 0 radical (unpaired) electrons. The molecule has 8 heteroatoms. The van der Waals surface area contributed by atoms with Crippen molar-refractivity contribution in [2.24, 2.45) is 5.73 Å². The monoisotopic (exact) mass is 330 g/mol. The fourth-order valence-corrected chi connectivity index (χ4v) is 2.54. The molecule has 1 aliphatic rings. The van der Waals surface area contributed by atoms with Gasteiger partial charge in [-0.1, -0.05) is 23.2 Å². The normalized spacial score (nSPS) is 16.6. The van der Waals surface area contributed by atoms with Crippen molar-refractivity contribution >= 4 is 35.0 Å². The van der Waals surface area contributed by atoms with E-state index in [4.69, 9.17) is 28.9 Å². The molecule has 2 N–H and O–H groups in total. The number of pyridine rings is 1. The lowest BCUT2D eigenvalue weighted by Crippen LogP contribution is -2.38. The van der Waals surface area contributed by atoms with Crippen molar-refractivity contribution in [1.29, 1.82) is 0 Å². The standard InChI is InChI=1S/C13H16Cl2N4O2/c14-10-6-9(7-17-12(10)15)13(21)19-3-1-2-18(4-5-19)8-11(16)20/h6-7H,1-5,8H2,(H2,16,20). The summed E-state index contributed by atoms with van der Waals surface area (Å²) >= 11 is 11.6. The second-order valence-corrected chi connectivity index (χ2v) is 5.65. The van der Waals surface area contributed by atoms with Crippen LogP contribution in [0, 0.1) is 0 Å². The molecule has 0 aromatic carbocycles. The molecule has 0 bridgehead atoms. The van der Waals surface area contributed by atoms with Crippen molar-refractivity contribution < 1.29 is 9.59 Å². The van der Waals surface area contributed by atoms with Crippen molar-refractivity contribution in [3.63, 3.8) is 0 Å². The first kappa shape index (κ1) is 16.0. The third-order valence-corrected chi connectivity index (χ3v) is 3.98. The first-order chi connectivity index (χ1) is 9.97.